The van der Waals surface area contributed by atoms with E-state index in [2.05, 4.69) is 73.6 Å². The van der Waals surface area contributed by atoms with Crippen LogP contribution in [0, 0.1) is 6.92 Å². The van der Waals surface area contributed by atoms with Gasteiger partial charge < -0.3 is 10.2 Å². The van der Waals surface area contributed by atoms with E-state index in [0.29, 0.717) is 0 Å². The molecule has 0 saturated carbocycles. The summed E-state index contributed by atoms with van der Waals surface area (Å²) in [5, 5.41) is 3.31. The van der Waals surface area contributed by atoms with Crippen molar-refractivity contribution in [2.75, 3.05) is 18.5 Å². The molecule has 3 heteroatoms. The zero-order chi connectivity index (χ0) is 14.4. The third-order valence-corrected chi connectivity index (χ3v) is 3.26. The third kappa shape index (κ3) is 4.07. The zero-order valence-corrected chi connectivity index (χ0v) is 12.6. The summed E-state index contributed by atoms with van der Waals surface area (Å²) in [6.45, 7) is 6.85. The minimum atomic E-state index is 0.823. The summed E-state index contributed by atoms with van der Waals surface area (Å²) < 4.78 is 0. The number of rotatable bonds is 6. The average Bonchev–Trinajstić information content (AvgIpc) is 2.45. The van der Waals surface area contributed by atoms with Gasteiger partial charge in [-0.15, -0.1) is 0 Å². The van der Waals surface area contributed by atoms with Gasteiger partial charge in [-0.1, -0.05) is 25.1 Å². The molecule has 2 rings (SSSR count). The Hall–Kier alpha value is -1.87. The van der Waals surface area contributed by atoms with E-state index < -0.39 is 0 Å². The summed E-state index contributed by atoms with van der Waals surface area (Å²) in [4.78, 5) is 6.92. The van der Waals surface area contributed by atoms with E-state index >= 15 is 0 Å². The van der Waals surface area contributed by atoms with Crippen molar-refractivity contribution in [1.29, 1.82) is 0 Å². The SMILES string of the molecule is CCNCc1cccc(CN(C)c2cccc(C)c2)n1. The molecule has 1 N–H and O–H groups in total. The van der Waals surface area contributed by atoms with Crippen molar-refractivity contribution in [3.05, 3.63) is 59.4 Å². The fourth-order valence-corrected chi connectivity index (χ4v) is 2.17. The van der Waals surface area contributed by atoms with Crippen LogP contribution in [-0.4, -0.2) is 18.6 Å². The molecule has 20 heavy (non-hydrogen) atoms. The van der Waals surface area contributed by atoms with E-state index in [1.54, 1.807) is 0 Å². The second-order valence-corrected chi connectivity index (χ2v) is 5.10. The van der Waals surface area contributed by atoms with Gasteiger partial charge in [0.25, 0.3) is 0 Å². The van der Waals surface area contributed by atoms with Gasteiger partial charge in [-0.3, -0.25) is 4.98 Å². The Bertz CT molecular complexity index is 551. The van der Waals surface area contributed by atoms with E-state index in [1.807, 2.05) is 0 Å². The highest BCUT2D eigenvalue weighted by Crippen LogP contribution is 2.16. The molecular formula is C17H23N3. The van der Waals surface area contributed by atoms with Crippen molar-refractivity contribution in [3.8, 4) is 0 Å². The van der Waals surface area contributed by atoms with Crippen LogP contribution in [0.3, 0.4) is 0 Å². The first-order chi connectivity index (χ1) is 9.69. The molecule has 3 nitrogen and oxygen atoms in total. The van der Waals surface area contributed by atoms with Crippen LogP contribution >= 0.6 is 0 Å². The normalized spacial score (nSPS) is 10.6. The number of pyridine rings is 1. The Labute approximate surface area is 121 Å². The van der Waals surface area contributed by atoms with Gasteiger partial charge in [0.15, 0.2) is 0 Å². The predicted molar refractivity (Wildman–Crippen MR) is 84.9 cm³/mol. The lowest BCUT2D eigenvalue weighted by Crippen LogP contribution is -2.18. The Morgan fingerprint density at radius 3 is 2.60 bits per heavy atom. The zero-order valence-electron chi connectivity index (χ0n) is 12.6. The summed E-state index contributed by atoms with van der Waals surface area (Å²) in [6, 6.07) is 14.8. The standard InChI is InChI=1S/C17H23N3/c1-4-18-12-15-8-6-9-16(19-15)13-20(3)17-10-5-7-14(2)11-17/h5-11,18H,4,12-13H2,1-3H3. The van der Waals surface area contributed by atoms with Gasteiger partial charge >= 0.3 is 0 Å². The Kier molecular flexibility index (Phi) is 5.13. The van der Waals surface area contributed by atoms with Crippen molar-refractivity contribution >= 4 is 5.69 Å². The molecule has 1 aromatic heterocycles. The number of nitrogens with zero attached hydrogens (tertiary/aromatic N) is 2. The van der Waals surface area contributed by atoms with Crippen LogP contribution in [0.2, 0.25) is 0 Å². The Morgan fingerprint density at radius 2 is 1.85 bits per heavy atom. The first kappa shape index (κ1) is 14.5. The summed E-state index contributed by atoms with van der Waals surface area (Å²) in [5.41, 5.74) is 4.71. The number of anilines is 1. The van der Waals surface area contributed by atoms with Crippen LogP contribution in [0.15, 0.2) is 42.5 Å². The first-order valence-electron chi connectivity index (χ1n) is 7.12. The third-order valence-electron chi connectivity index (χ3n) is 3.26. The summed E-state index contributed by atoms with van der Waals surface area (Å²) in [6.07, 6.45) is 0. The van der Waals surface area contributed by atoms with E-state index in [-0.39, 0.29) is 0 Å². The summed E-state index contributed by atoms with van der Waals surface area (Å²) in [7, 11) is 2.10. The van der Waals surface area contributed by atoms with Crippen LogP contribution in [0.5, 0.6) is 0 Å². The van der Waals surface area contributed by atoms with Crippen LogP contribution in [0.1, 0.15) is 23.9 Å². The molecule has 0 aliphatic heterocycles. The molecule has 0 fully saturated rings. The fourth-order valence-electron chi connectivity index (χ4n) is 2.17. The Morgan fingerprint density at radius 1 is 1.10 bits per heavy atom. The first-order valence-corrected chi connectivity index (χ1v) is 7.12. The fraction of sp³-hybridized carbons (Fsp3) is 0.353. The number of hydrogen-bond donors (Lipinski definition) is 1. The molecule has 106 valence electrons. The molecule has 0 spiro atoms. The minimum absolute atomic E-state index is 0.823. The largest absolute Gasteiger partial charge is 0.369 e. The lowest BCUT2D eigenvalue weighted by Gasteiger charge is -2.19. The van der Waals surface area contributed by atoms with Crippen molar-refractivity contribution < 1.29 is 0 Å². The van der Waals surface area contributed by atoms with E-state index in [1.165, 1.54) is 11.3 Å². The van der Waals surface area contributed by atoms with Crippen LogP contribution < -0.4 is 10.2 Å². The molecule has 0 amide bonds. The van der Waals surface area contributed by atoms with Gasteiger partial charge in [-0.2, -0.15) is 0 Å². The van der Waals surface area contributed by atoms with E-state index in [9.17, 15) is 0 Å². The maximum atomic E-state index is 4.69. The molecule has 1 aromatic carbocycles. The van der Waals surface area contributed by atoms with Crippen LogP contribution in [0.25, 0.3) is 0 Å². The van der Waals surface area contributed by atoms with Crippen molar-refractivity contribution in [3.63, 3.8) is 0 Å². The van der Waals surface area contributed by atoms with Gasteiger partial charge in [0.1, 0.15) is 0 Å². The lowest BCUT2D eigenvalue weighted by molar-refractivity contribution is 0.704. The van der Waals surface area contributed by atoms with Gasteiger partial charge in [0, 0.05) is 19.3 Å². The highest BCUT2D eigenvalue weighted by Gasteiger charge is 2.04. The molecule has 1 heterocycles. The second-order valence-electron chi connectivity index (χ2n) is 5.10. The summed E-state index contributed by atoms with van der Waals surface area (Å²) >= 11 is 0. The average molecular weight is 269 g/mol. The molecule has 0 saturated heterocycles. The van der Waals surface area contributed by atoms with Gasteiger partial charge in [0.2, 0.25) is 0 Å². The van der Waals surface area contributed by atoms with Crippen molar-refractivity contribution in [2.45, 2.75) is 26.9 Å². The van der Waals surface area contributed by atoms with E-state index in [0.717, 1.165) is 31.0 Å². The molecule has 0 aliphatic carbocycles. The number of aryl methyl sites for hydroxylation is 1. The van der Waals surface area contributed by atoms with Gasteiger partial charge in [-0.05, 0) is 43.3 Å². The molecule has 0 bridgehead atoms. The Balaban J connectivity index is 2.05. The van der Waals surface area contributed by atoms with Crippen molar-refractivity contribution in [1.82, 2.24) is 10.3 Å². The van der Waals surface area contributed by atoms with Gasteiger partial charge in [-0.25, -0.2) is 0 Å². The van der Waals surface area contributed by atoms with E-state index in [4.69, 9.17) is 4.98 Å². The van der Waals surface area contributed by atoms with Crippen LogP contribution in [-0.2, 0) is 13.1 Å². The highest BCUT2D eigenvalue weighted by molar-refractivity contribution is 5.47. The monoisotopic (exact) mass is 269 g/mol. The summed E-state index contributed by atoms with van der Waals surface area (Å²) in [5.74, 6) is 0. The van der Waals surface area contributed by atoms with Crippen LogP contribution in [0.4, 0.5) is 5.69 Å². The second kappa shape index (κ2) is 7.06. The number of aromatic nitrogens is 1. The maximum absolute atomic E-state index is 4.69. The predicted octanol–water partition coefficient (Wildman–Crippen LogP) is 3.14. The smallest absolute Gasteiger partial charge is 0.0600 e. The molecule has 0 unspecified atom stereocenters. The topological polar surface area (TPSA) is 28.2 Å². The molecule has 0 atom stereocenters. The molecular weight excluding hydrogens is 246 g/mol. The number of hydrogen-bond acceptors (Lipinski definition) is 3. The number of nitrogens with one attached hydrogen (secondary N) is 1. The lowest BCUT2D eigenvalue weighted by atomic mass is 10.2. The quantitative estimate of drug-likeness (QED) is 0.873. The minimum Gasteiger partial charge on any atom is -0.369 e. The maximum Gasteiger partial charge on any atom is 0.0600 e. The highest BCUT2D eigenvalue weighted by atomic mass is 15.1. The molecule has 0 radical (unpaired) electrons. The van der Waals surface area contributed by atoms with Crippen molar-refractivity contribution in [2.24, 2.45) is 0 Å². The molecule has 2 aromatic rings. The van der Waals surface area contributed by atoms with Gasteiger partial charge in [0.05, 0.1) is 17.9 Å². The number of benzene rings is 1. The molecule has 0 aliphatic rings.